The van der Waals surface area contributed by atoms with Gasteiger partial charge in [0, 0.05) is 0 Å². The van der Waals surface area contributed by atoms with Gasteiger partial charge < -0.3 is 9.73 Å². The summed E-state index contributed by atoms with van der Waals surface area (Å²) in [7, 11) is 0. The molecular formula is C16H11FN2O2. The molecule has 0 aliphatic rings. The average Bonchev–Trinajstić information content (AvgIpc) is 2.99. The number of benzene rings is 1. The highest BCUT2D eigenvalue weighted by atomic mass is 19.1. The summed E-state index contributed by atoms with van der Waals surface area (Å²) in [6.07, 6.45) is 5.96. The summed E-state index contributed by atoms with van der Waals surface area (Å²) in [6.45, 7) is 0. The Hall–Kier alpha value is -3.13. The average molecular weight is 282 g/mol. The van der Waals surface area contributed by atoms with Crippen molar-refractivity contribution in [3.8, 4) is 6.07 Å². The summed E-state index contributed by atoms with van der Waals surface area (Å²) in [6, 6.07) is 11.0. The van der Waals surface area contributed by atoms with Gasteiger partial charge in [0.15, 0.2) is 0 Å². The lowest BCUT2D eigenvalue weighted by molar-refractivity contribution is -0.112. The fourth-order valence-corrected chi connectivity index (χ4v) is 1.54. The molecule has 2 aromatic rings. The molecule has 0 atom stereocenters. The van der Waals surface area contributed by atoms with Crippen molar-refractivity contribution in [2.45, 2.75) is 0 Å². The molecular weight excluding hydrogens is 271 g/mol. The lowest BCUT2D eigenvalue weighted by Gasteiger charge is -2.04. The SMILES string of the molecule is N#CC(=CC=Cc1ccco1)C(=O)Nc1ccccc1F. The first-order valence-corrected chi connectivity index (χ1v) is 6.08. The van der Waals surface area contributed by atoms with Crippen molar-refractivity contribution in [3.63, 3.8) is 0 Å². The molecule has 1 amide bonds. The fraction of sp³-hybridized carbons (Fsp3) is 0. The van der Waals surface area contributed by atoms with E-state index in [1.54, 1.807) is 30.3 Å². The highest BCUT2D eigenvalue weighted by Gasteiger charge is 2.10. The predicted molar refractivity (Wildman–Crippen MR) is 76.5 cm³/mol. The molecule has 0 saturated heterocycles. The van der Waals surface area contributed by atoms with E-state index in [0.29, 0.717) is 5.76 Å². The summed E-state index contributed by atoms with van der Waals surface area (Å²) in [5.74, 6) is -0.640. The maximum absolute atomic E-state index is 13.4. The number of rotatable bonds is 4. The number of halogens is 1. The van der Waals surface area contributed by atoms with Crippen LogP contribution in [0.4, 0.5) is 10.1 Å². The second-order valence-corrected chi connectivity index (χ2v) is 4.00. The minimum atomic E-state index is -0.674. The number of para-hydroxylation sites is 1. The van der Waals surface area contributed by atoms with Crippen molar-refractivity contribution in [3.05, 3.63) is 72.0 Å². The van der Waals surface area contributed by atoms with Gasteiger partial charge in [0.1, 0.15) is 23.2 Å². The molecule has 0 unspecified atom stereocenters. The standard InChI is InChI=1S/C16H11FN2O2/c17-14-8-1-2-9-15(14)19-16(20)12(11-18)5-3-6-13-7-4-10-21-13/h1-10H,(H,19,20). The maximum Gasteiger partial charge on any atom is 0.266 e. The Morgan fingerprint density at radius 3 is 2.76 bits per heavy atom. The molecule has 21 heavy (non-hydrogen) atoms. The monoisotopic (exact) mass is 282 g/mol. The van der Waals surface area contributed by atoms with Crippen molar-refractivity contribution in [2.24, 2.45) is 0 Å². The van der Waals surface area contributed by atoms with Gasteiger partial charge in [-0.05, 0) is 36.4 Å². The van der Waals surface area contributed by atoms with Gasteiger partial charge in [0.25, 0.3) is 5.91 Å². The Morgan fingerprint density at radius 2 is 2.10 bits per heavy atom. The third-order valence-electron chi connectivity index (χ3n) is 2.55. The van der Waals surface area contributed by atoms with Crippen LogP contribution < -0.4 is 5.32 Å². The topological polar surface area (TPSA) is 66.0 Å². The normalized spacial score (nSPS) is 11.3. The first kappa shape index (κ1) is 14.3. The lowest BCUT2D eigenvalue weighted by Crippen LogP contribution is -2.14. The molecule has 0 aliphatic heterocycles. The highest BCUT2D eigenvalue weighted by Crippen LogP contribution is 2.13. The van der Waals surface area contributed by atoms with Crippen LogP contribution >= 0.6 is 0 Å². The molecule has 0 aliphatic carbocycles. The number of hydrogen-bond donors (Lipinski definition) is 1. The molecule has 1 N–H and O–H groups in total. The first-order valence-electron chi connectivity index (χ1n) is 6.08. The number of carbonyl (C=O) groups is 1. The predicted octanol–water partition coefficient (Wildman–Crippen LogP) is 3.52. The van der Waals surface area contributed by atoms with E-state index in [1.165, 1.54) is 36.6 Å². The number of nitriles is 1. The summed E-state index contributed by atoms with van der Waals surface area (Å²) in [4.78, 5) is 11.9. The number of hydrogen-bond acceptors (Lipinski definition) is 3. The van der Waals surface area contributed by atoms with Crippen LogP contribution in [0.25, 0.3) is 6.08 Å². The highest BCUT2D eigenvalue weighted by molar-refractivity contribution is 6.06. The molecule has 104 valence electrons. The van der Waals surface area contributed by atoms with Gasteiger partial charge >= 0.3 is 0 Å². The molecule has 1 aromatic carbocycles. The lowest BCUT2D eigenvalue weighted by atomic mass is 10.2. The quantitative estimate of drug-likeness (QED) is 0.530. The van der Waals surface area contributed by atoms with Gasteiger partial charge in [-0.3, -0.25) is 4.79 Å². The van der Waals surface area contributed by atoms with Crippen molar-refractivity contribution in [1.29, 1.82) is 5.26 Å². The van der Waals surface area contributed by atoms with Crippen LogP contribution in [-0.4, -0.2) is 5.91 Å². The minimum Gasteiger partial charge on any atom is -0.465 e. The van der Waals surface area contributed by atoms with Crippen LogP contribution in [0.1, 0.15) is 5.76 Å². The number of nitrogens with one attached hydrogen (secondary N) is 1. The van der Waals surface area contributed by atoms with Gasteiger partial charge in [-0.2, -0.15) is 5.26 Å². The van der Waals surface area contributed by atoms with Gasteiger partial charge in [-0.15, -0.1) is 0 Å². The molecule has 4 nitrogen and oxygen atoms in total. The van der Waals surface area contributed by atoms with Crippen LogP contribution in [-0.2, 0) is 4.79 Å². The summed E-state index contributed by atoms with van der Waals surface area (Å²) < 4.78 is 18.5. The van der Waals surface area contributed by atoms with E-state index in [9.17, 15) is 9.18 Å². The smallest absolute Gasteiger partial charge is 0.266 e. The zero-order valence-electron chi connectivity index (χ0n) is 10.9. The van der Waals surface area contributed by atoms with Crippen LogP contribution in [0.5, 0.6) is 0 Å². The van der Waals surface area contributed by atoms with E-state index in [1.807, 2.05) is 0 Å². The van der Waals surface area contributed by atoms with Crippen LogP contribution in [0.15, 0.2) is 64.8 Å². The molecule has 0 saturated carbocycles. The van der Waals surface area contributed by atoms with Crippen LogP contribution in [0.2, 0.25) is 0 Å². The van der Waals surface area contributed by atoms with E-state index < -0.39 is 11.7 Å². The van der Waals surface area contributed by atoms with Crippen molar-refractivity contribution >= 4 is 17.7 Å². The van der Waals surface area contributed by atoms with Crippen LogP contribution in [0, 0.1) is 17.1 Å². The van der Waals surface area contributed by atoms with E-state index in [-0.39, 0.29) is 11.3 Å². The van der Waals surface area contributed by atoms with E-state index >= 15 is 0 Å². The molecule has 0 spiro atoms. The molecule has 1 heterocycles. The number of anilines is 1. The summed E-state index contributed by atoms with van der Waals surface area (Å²) in [5.41, 5.74) is -0.111. The second-order valence-electron chi connectivity index (χ2n) is 4.00. The third-order valence-corrected chi connectivity index (χ3v) is 2.55. The van der Waals surface area contributed by atoms with Crippen molar-refractivity contribution < 1.29 is 13.6 Å². The minimum absolute atomic E-state index is 0.0265. The van der Waals surface area contributed by atoms with Gasteiger partial charge in [0.05, 0.1) is 12.0 Å². The Kier molecular flexibility index (Phi) is 4.67. The number of furan rings is 1. The van der Waals surface area contributed by atoms with E-state index in [4.69, 9.17) is 9.68 Å². The van der Waals surface area contributed by atoms with Gasteiger partial charge in [-0.1, -0.05) is 18.2 Å². The fourth-order valence-electron chi connectivity index (χ4n) is 1.54. The summed E-state index contributed by atoms with van der Waals surface area (Å²) >= 11 is 0. The van der Waals surface area contributed by atoms with Crippen LogP contribution in [0.3, 0.4) is 0 Å². The molecule has 0 bridgehead atoms. The Bertz CT molecular complexity index is 725. The van der Waals surface area contributed by atoms with E-state index in [0.717, 1.165) is 0 Å². The number of allylic oxidation sites excluding steroid dienone is 2. The second kappa shape index (κ2) is 6.87. The molecule has 5 heteroatoms. The number of carbonyl (C=O) groups excluding carboxylic acids is 1. The van der Waals surface area contributed by atoms with Gasteiger partial charge in [-0.25, -0.2) is 4.39 Å². The van der Waals surface area contributed by atoms with Crippen molar-refractivity contribution in [2.75, 3.05) is 5.32 Å². The van der Waals surface area contributed by atoms with Gasteiger partial charge in [0.2, 0.25) is 0 Å². The third kappa shape index (κ3) is 3.91. The number of amides is 1. The Morgan fingerprint density at radius 1 is 1.29 bits per heavy atom. The molecule has 2 rings (SSSR count). The van der Waals surface area contributed by atoms with E-state index in [2.05, 4.69) is 5.32 Å². The summed E-state index contributed by atoms with van der Waals surface area (Å²) in [5, 5.41) is 11.3. The first-order chi connectivity index (χ1) is 10.2. The Labute approximate surface area is 120 Å². The molecule has 0 fully saturated rings. The maximum atomic E-state index is 13.4. The van der Waals surface area contributed by atoms with Crippen molar-refractivity contribution in [1.82, 2.24) is 0 Å². The molecule has 0 radical (unpaired) electrons. The zero-order valence-corrected chi connectivity index (χ0v) is 10.9. The largest absolute Gasteiger partial charge is 0.465 e. The number of nitrogens with zero attached hydrogens (tertiary/aromatic N) is 1. The Balaban J connectivity index is 2.09. The molecule has 1 aromatic heterocycles. The zero-order chi connectivity index (χ0) is 15.1.